The number of carbonyl (C=O) groups is 1. The lowest BCUT2D eigenvalue weighted by Gasteiger charge is -2.10. The molecule has 1 aromatic rings. The monoisotopic (exact) mass is 213 g/mol. The summed E-state index contributed by atoms with van der Waals surface area (Å²) in [6.07, 6.45) is 0. The number of hydrogen-bond donors (Lipinski definition) is 1. The maximum Gasteiger partial charge on any atom is 0.165 e. The van der Waals surface area contributed by atoms with Gasteiger partial charge in [0, 0.05) is 0 Å². The predicted molar refractivity (Wildman–Crippen MR) is 57.0 cm³/mol. The Labute approximate surface area is 87.8 Å². The average Bonchev–Trinajstić information content (AvgIpc) is 2.11. The molecule has 0 aliphatic rings. The van der Waals surface area contributed by atoms with Crippen molar-refractivity contribution in [1.29, 1.82) is 0 Å². The molecule has 14 heavy (non-hydrogen) atoms. The molecule has 2 N–H and O–H groups in total. The molecule has 0 amide bonds. The fraction of sp³-hybridized carbons (Fsp3) is 0.300. The molecule has 0 aromatic heterocycles. The second-order valence-electron chi connectivity index (χ2n) is 2.83. The smallest absolute Gasteiger partial charge is 0.165 e. The molecule has 1 rings (SSSR count). The van der Waals surface area contributed by atoms with Crippen molar-refractivity contribution in [2.75, 3.05) is 12.3 Å². The van der Waals surface area contributed by atoms with Gasteiger partial charge in [-0.15, -0.1) is 0 Å². The fourth-order valence-electron chi connectivity index (χ4n) is 1.18. The van der Waals surface area contributed by atoms with Crippen molar-refractivity contribution in [3.8, 4) is 5.75 Å². The van der Waals surface area contributed by atoms with Gasteiger partial charge in [0.05, 0.1) is 22.9 Å². The van der Waals surface area contributed by atoms with E-state index in [0.717, 1.165) is 0 Å². The van der Waals surface area contributed by atoms with Crippen LogP contribution >= 0.6 is 11.6 Å². The van der Waals surface area contributed by atoms with Gasteiger partial charge in [0.25, 0.3) is 0 Å². The first-order valence-corrected chi connectivity index (χ1v) is 4.67. The Morgan fingerprint density at radius 3 is 2.71 bits per heavy atom. The minimum Gasteiger partial charge on any atom is -0.493 e. The van der Waals surface area contributed by atoms with Gasteiger partial charge < -0.3 is 10.5 Å². The Morgan fingerprint density at radius 1 is 1.57 bits per heavy atom. The largest absolute Gasteiger partial charge is 0.493 e. The Bertz CT molecular complexity index is 363. The molecule has 0 aliphatic heterocycles. The van der Waals surface area contributed by atoms with Crippen molar-refractivity contribution in [2.24, 2.45) is 0 Å². The lowest BCUT2D eigenvalue weighted by atomic mass is 10.1. The number of Topliss-reactive ketones (excluding diaryl/α,β-unsaturated/α-hetero) is 1. The second kappa shape index (κ2) is 4.33. The number of ketones is 1. The zero-order chi connectivity index (χ0) is 10.7. The SMILES string of the molecule is CCOc1ccc(N)c(Cl)c1C(C)=O. The first kappa shape index (κ1) is 10.9. The van der Waals surface area contributed by atoms with Crippen LogP contribution in [0.5, 0.6) is 5.75 Å². The fourth-order valence-corrected chi connectivity index (χ4v) is 1.47. The van der Waals surface area contributed by atoms with Crippen LogP contribution in [-0.4, -0.2) is 12.4 Å². The highest BCUT2D eigenvalue weighted by atomic mass is 35.5. The predicted octanol–water partition coefficient (Wildman–Crippen LogP) is 2.52. The van der Waals surface area contributed by atoms with Crippen molar-refractivity contribution >= 4 is 23.1 Å². The summed E-state index contributed by atoms with van der Waals surface area (Å²) < 4.78 is 5.27. The molecule has 0 spiro atoms. The molecule has 0 saturated carbocycles. The molecule has 0 saturated heterocycles. The van der Waals surface area contributed by atoms with E-state index >= 15 is 0 Å². The zero-order valence-corrected chi connectivity index (χ0v) is 8.89. The third-order valence-electron chi connectivity index (χ3n) is 1.79. The van der Waals surface area contributed by atoms with Crippen LogP contribution in [0.4, 0.5) is 5.69 Å². The van der Waals surface area contributed by atoms with Crippen LogP contribution in [0, 0.1) is 0 Å². The van der Waals surface area contributed by atoms with Crippen LogP contribution in [0.1, 0.15) is 24.2 Å². The van der Waals surface area contributed by atoms with E-state index in [-0.39, 0.29) is 10.8 Å². The van der Waals surface area contributed by atoms with Gasteiger partial charge in [-0.1, -0.05) is 11.6 Å². The molecule has 0 heterocycles. The highest BCUT2D eigenvalue weighted by Crippen LogP contribution is 2.31. The van der Waals surface area contributed by atoms with Crippen LogP contribution in [0.3, 0.4) is 0 Å². The number of halogens is 1. The van der Waals surface area contributed by atoms with E-state index < -0.39 is 0 Å². The highest BCUT2D eigenvalue weighted by molar-refractivity contribution is 6.36. The summed E-state index contributed by atoms with van der Waals surface area (Å²) in [7, 11) is 0. The number of ether oxygens (including phenoxy) is 1. The number of carbonyl (C=O) groups excluding carboxylic acids is 1. The molecule has 4 heteroatoms. The summed E-state index contributed by atoms with van der Waals surface area (Å²) in [6, 6.07) is 3.28. The molecular formula is C10H12ClNO2. The number of anilines is 1. The zero-order valence-electron chi connectivity index (χ0n) is 8.13. The van der Waals surface area contributed by atoms with Gasteiger partial charge in [0.2, 0.25) is 0 Å². The van der Waals surface area contributed by atoms with E-state index in [1.165, 1.54) is 6.92 Å². The van der Waals surface area contributed by atoms with Gasteiger partial charge in [0.15, 0.2) is 5.78 Å². The summed E-state index contributed by atoms with van der Waals surface area (Å²) >= 11 is 5.90. The van der Waals surface area contributed by atoms with E-state index in [0.29, 0.717) is 23.6 Å². The quantitative estimate of drug-likeness (QED) is 0.620. The second-order valence-corrected chi connectivity index (χ2v) is 3.21. The minimum atomic E-state index is -0.147. The van der Waals surface area contributed by atoms with Crippen LogP contribution in [-0.2, 0) is 0 Å². The molecule has 0 aliphatic carbocycles. The summed E-state index contributed by atoms with van der Waals surface area (Å²) in [5.41, 5.74) is 6.33. The van der Waals surface area contributed by atoms with E-state index in [2.05, 4.69) is 0 Å². The van der Waals surface area contributed by atoms with Crippen molar-refractivity contribution in [1.82, 2.24) is 0 Å². The number of hydrogen-bond acceptors (Lipinski definition) is 3. The highest BCUT2D eigenvalue weighted by Gasteiger charge is 2.14. The Morgan fingerprint density at radius 2 is 2.21 bits per heavy atom. The summed E-state index contributed by atoms with van der Waals surface area (Å²) in [5.74, 6) is 0.338. The molecule has 0 unspecified atom stereocenters. The van der Waals surface area contributed by atoms with Crippen LogP contribution in [0.25, 0.3) is 0 Å². The van der Waals surface area contributed by atoms with Crippen molar-refractivity contribution in [3.05, 3.63) is 22.7 Å². The van der Waals surface area contributed by atoms with Crippen molar-refractivity contribution in [3.63, 3.8) is 0 Å². The van der Waals surface area contributed by atoms with Crippen LogP contribution in [0.2, 0.25) is 5.02 Å². The number of nitrogens with two attached hydrogens (primary N) is 1. The van der Waals surface area contributed by atoms with Gasteiger partial charge in [-0.2, -0.15) is 0 Å². The van der Waals surface area contributed by atoms with Crippen LogP contribution in [0.15, 0.2) is 12.1 Å². The van der Waals surface area contributed by atoms with Gasteiger partial charge >= 0.3 is 0 Å². The number of rotatable bonds is 3. The first-order chi connectivity index (χ1) is 6.57. The molecule has 0 bridgehead atoms. The minimum absolute atomic E-state index is 0.147. The molecule has 0 atom stereocenters. The molecule has 76 valence electrons. The Kier molecular flexibility index (Phi) is 3.36. The Hall–Kier alpha value is -1.22. The van der Waals surface area contributed by atoms with E-state index in [9.17, 15) is 4.79 Å². The number of benzene rings is 1. The van der Waals surface area contributed by atoms with Crippen molar-refractivity contribution in [2.45, 2.75) is 13.8 Å². The standard InChI is InChI=1S/C10H12ClNO2/c1-3-14-8-5-4-7(12)10(11)9(8)6(2)13/h4-5H,3,12H2,1-2H3. The molecule has 3 nitrogen and oxygen atoms in total. The third kappa shape index (κ3) is 1.99. The first-order valence-electron chi connectivity index (χ1n) is 4.29. The van der Waals surface area contributed by atoms with Gasteiger partial charge in [-0.25, -0.2) is 0 Å². The number of nitrogen functional groups attached to an aromatic ring is 1. The third-order valence-corrected chi connectivity index (χ3v) is 2.19. The normalized spacial score (nSPS) is 9.93. The molecular weight excluding hydrogens is 202 g/mol. The molecule has 0 fully saturated rings. The molecule has 0 radical (unpaired) electrons. The topological polar surface area (TPSA) is 52.3 Å². The van der Waals surface area contributed by atoms with Crippen LogP contribution < -0.4 is 10.5 Å². The lowest BCUT2D eigenvalue weighted by molar-refractivity contribution is 0.101. The Balaban J connectivity index is 3.30. The van der Waals surface area contributed by atoms with Gasteiger partial charge in [-0.05, 0) is 26.0 Å². The van der Waals surface area contributed by atoms with Gasteiger partial charge in [-0.3, -0.25) is 4.79 Å². The average molecular weight is 214 g/mol. The summed E-state index contributed by atoms with van der Waals surface area (Å²) in [6.45, 7) is 3.76. The van der Waals surface area contributed by atoms with E-state index in [1.807, 2.05) is 6.92 Å². The molecule has 1 aromatic carbocycles. The summed E-state index contributed by atoms with van der Waals surface area (Å²) in [4.78, 5) is 11.3. The maximum atomic E-state index is 11.3. The van der Waals surface area contributed by atoms with Gasteiger partial charge in [0.1, 0.15) is 5.75 Å². The lowest BCUT2D eigenvalue weighted by Crippen LogP contribution is -2.03. The van der Waals surface area contributed by atoms with E-state index in [1.54, 1.807) is 12.1 Å². The van der Waals surface area contributed by atoms with E-state index in [4.69, 9.17) is 22.1 Å². The summed E-state index contributed by atoms with van der Waals surface area (Å²) in [5, 5.41) is 0.267. The van der Waals surface area contributed by atoms with Crippen molar-refractivity contribution < 1.29 is 9.53 Å². The maximum absolute atomic E-state index is 11.3.